The summed E-state index contributed by atoms with van der Waals surface area (Å²) < 4.78 is 0. The second kappa shape index (κ2) is 6.53. The molecule has 0 aliphatic carbocycles. The standard InChI is InChI=1S/C17H27NO/c1-4-15-6-5-11-18(12-15)14(3)17(19)16-9-7-13(2)8-10-16/h7-10,14-15,17,19H,4-6,11-12H2,1-3H3. The molecule has 2 rings (SSSR count). The molecule has 1 N–H and O–H groups in total. The number of piperidine rings is 1. The van der Waals surface area contributed by atoms with Crippen molar-refractivity contribution in [3.05, 3.63) is 35.4 Å². The average Bonchev–Trinajstić information content (AvgIpc) is 2.46. The highest BCUT2D eigenvalue weighted by molar-refractivity contribution is 5.24. The van der Waals surface area contributed by atoms with Gasteiger partial charge in [0.15, 0.2) is 0 Å². The maximum Gasteiger partial charge on any atom is 0.0942 e. The summed E-state index contributed by atoms with van der Waals surface area (Å²) in [5.74, 6) is 0.807. The minimum atomic E-state index is -0.379. The monoisotopic (exact) mass is 261 g/mol. The second-order valence-corrected chi connectivity index (χ2v) is 6.01. The van der Waals surface area contributed by atoms with Gasteiger partial charge in [-0.2, -0.15) is 0 Å². The predicted molar refractivity (Wildman–Crippen MR) is 80.2 cm³/mol. The molecule has 1 heterocycles. The number of nitrogens with zero attached hydrogens (tertiary/aromatic N) is 1. The lowest BCUT2D eigenvalue weighted by atomic mass is 9.92. The Morgan fingerprint density at radius 1 is 1.32 bits per heavy atom. The van der Waals surface area contributed by atoms with Crippen LogP contribution in [0.15, 0.2) is 24.3 Å². The van der Waals surface area contributed by atoms with Crippen LogP contribution < -0.4 is 0 Å². The van der Waals surface area contributed by atoms with Crippen molar-refractivity contribution in [2.45, 2.75) is 52.2 Å². The van der Waals surface area contributed by atoms with Gasteiger partial charge in [-0.05, 0) is 44.7 Å². The van der Waals surface area contributed by atoms with E-state index in [0.717, 1.165) is 24.6 Å². The number of rotatable bonds is 4. The van der Waals surface area contributed by atoms with E-state index in [1.165, 1.54) is 24.8 Å². The molecular weight excluding hydrogens is 234 g/mol. The molecule has 3 atom stereocenters. The predicted octanol–water partition coefficient (Wildman–Crippen LogP) is 3.54. The summed E-state index contributed by atoms with van der Waals surface area (Å²) >= 11 is 0. The number of aliphatic hydroxyl groups is 1. The molecule has 106 valence electrons. The van der Waals surface area contributed by atoms with Crippen LogP contribution in [0.25, 0.3) is 0 Å². The highest BCUT2D eigenvalue weighted by Gasteiger charge is 2.27. The summed E-state index contributed by atoms with van der Waals surface area (Å²) in [7, 11) is 0. The van der Waals surface area contributed by atoms with Crippen molar-refractivity contribution in [1.29, 1.82) is 0 Å². The van der Waals surface area contributed by atoms with E-state index < -0.39 is 0 Å². The lowest BCUT2D eigenvalue weighted by Crippen LogP contribution is -2.44. The topological polar surface area (TPSA) is 23.5 Å². The zero-order valence-corrected chi connectivity index (χ0v) is 12.5. The molecule has 0 bridgehead atoms. The third-order valence-electron chi connectivity index (χ3n) is 4.58. The number of aryl methyl sites for hydroxylation is 1. The van der Waals surface area contributed by atoms with Crippen molar-refractivity contribution in [2.24, 2.45) is 5.92 Å². The molecule has 2 heteroatoms. The Labute approximate surface area is 117 Å². The molecule has 19 heavy (non-hydrogen) atoms. The molecule has 0 amide bonds. The summed E-state index contributed by atoms with van der Waals surface area (Å²) in [5.41, 5.74) is 2.28. The third kappa shape index (κ3) is 3.58. The van der Waals surface area contributed by atoms with Gasteiger partial charge in [-0.1, -0.05) is 43.2 Å². The van der Waals surface area contributed by atoms with E-state index in [9.17, 15) is 5.11 Å². The molecule has 0 spiro atoms. The molecule has 1 aromatic carbocycles. The van der Waals surface area contributed by atoms with Gasteiger partial charge in [0, 0.05) is 12.6 Å². The van der Waals surface area contributed by atoms with E-state index in [0.29, 0.717) is 0 Å². The van der Waals surface area contributed by atoms with Crippen molar-refractivity contribution in [2.75, 3.05) is 13.1 Å². The van der Waals surface area contributed by atoms with Crippen LogP contribution in [0.1, 0.15) is 50.3 Å². The van der Waals surface area contributed by atoms with E-state index >= 15 is 0 Å². The Morgan fingerprint density at radius 2 is 2.00 bits per heavy atom. The van der Waals surface area contributed by atoms with Crippen LogP contribution in [0.5, 0.6) is 0 Å². The third-order valence-corrected chi connectivity index (χ3v) is 4.58. The van der Waals surface area contributed by atoms with Gasteiger partial charge in [0.05, 0.1) is 6.10 Å². The number of hydrogen-bond donors (Lipinski definition) is 1. The summed E-state index contributed by atoms with van der Waals surface area (Å²) in [6, 6.07) is 8.47. The van der Waals surface area contributed by atoms with E-state index in [2.05, 4.69) is 49.9 Å². The Morgan fingerprint density at radius 3 is 2.63 bits per heavy atom. The molecule has 1 fully saturated rings. The number of likely N-dealkylation sites (tertiary alicyclic amines) is 1. The second-order valence-electron chi connectivity index (χ2n) is 6.01. The Balaban J connectivity index is 2.01. The SMILES string of the molecule is CCC1CCCN(C(C)C(O)c2ccc(C)cc2)C1. The Hall–Kier alpha value is -0.860. The molecule has 2 nitrogen and oxygen atoms in total. The smallest absolute Gasteiger partial charge is 0.0942 e. The highest BCUT2D eigenvalue weighted by atomic mass is 16.3. The van der Waals surface area contributed by atoms with Gasteiger partial charge >= 0.3 is 0 Å². The molecule has 3 unspecified atom stereocenters. The van der Waals surface area contributed by atoms with Crippen molar-refractivity contribution < 1.29 is 5.11 Å². The molecule has 1 saturated heterocycles. The van der Waals surface area contributed by atoms with E-state index in [1.807, 2.05) is 0 Å². The zero-order chi connectivity index (χ0) is 13.8. The van der Waals surface area contributed by atoms with Crippen molar-refractivity contribution in [3.63, 3.8) is 0 Å². The van der Waals surface area contributed by atoms with Crippen LogP contribution in [0.3, 0.4) is 0 Å². The summed E-state index contributed by atoms with van der Waals surface area (Å²) in [6.45, 7) is 8.77. The van der Waals surface area contributed by atoms with E-state index in [1.54, 1.807) is 0 Å². The molecule has 0 radical (unpaired) electrons. The minimum Gasteiger partial charge on any atom is -0.387 e. The van der Waals surface area contributed by atoms with Crippen LogP contribution in [0, 0.1) is 12.8 Å². The van der Waals surface area contributed by atoms with Gasteiger partial charge in [-0.25, -0.2) is 0 Å². The molecule has 1 aliphatic rings. The van der Waals surface area contributed by atoms with E-state index in [-0.39, 0.29) is 12.1 Å². The van der Waals surface area contributed by atoms with Gasteiger partial charge < -0.3 is 5.11 Å². The molecule has 0 saturated carbocycles. The normalized spacial score (nSPS) is 24.1. The lowest BCUT2D eigenvalue weighted by Gasteiger charge is -2.38. The number of hydrogen-bond acceptors (Lipinski definition) is 2. The van der Waals surface area contributed by atoms with Gasteiger partial charge in [0.25, 0.3) is 0 Å². The quantitative estimate of drug-likeness (QED) is 0.896. The maximum atomic E-state index is 10.5. The minimum absolute atomic E-state index is 0.206. The molecule has 1 aromatic rings. The first-order chi connectivity index (χ1) is 9.11. The van der Waals surface area contributed by atoms with Crippen LogP contribution in [0.2, 0.25) is 0 Å². The van der Waals surface area contributed by atoms with Crippen LogP contribution in [-0.4, -0.2) is 29.1 Å². The van der Waals surface area contributed by atoms with Crippen LogP contribution in [0.4, 0.5) is 0 Å². The van der Waals surface area contributed by atoms with Crippen molar-refractivity contribution in [3.8, 4) is 0 Å². The first-order valence-corrected chi connectivity index (χ1v) is 7.60. The number of aliphatic hydroxyl groups excluding tert-OH is 1. The molecular formula is C17H27NO. The largest absolute Gasteiger partial charge is 0.387 e. The highest BCUT2D eigenvalue weighted by Crippen LogP contribution is 2.27. The first kappa shape index (κ1) is 14.5. The Bertz CT molecular complexity index is 387. The fourth-order valence-electron chi connectivity index (χ4n) is 3.04. The first-order valence-electron chi connectivity index (χ1n) is 7.60. The molecule has 1 aliphatic heterocycles. The van der Waals surface area contributed by atoms with Crippen molar-refractivity contribution >= 4 is 0 Å². The van der Waals surface area contributed by atoms with Gasteiger partial charge in [0.2, 0.25) is 0 Å². The Kier molecular flexibility index (Phi) is 5.00. The summed E-state index contributed by atoms with van der Waals surface area (Å²) in [5, 5.41) is 10.5. The summed E-state index contributed by atoms with van der Waals surface area (Å²) in [4.78, 5) is 2.46. The van der Waals surface area contributed by atoms with Gasteiger partial charge in [0.1, 0.15) is 0 Å². The van der Waals surface area contributed by atoms with Gasteiger partial charge in [-0.3, -0.25) is 4.90 Å². The fourth-order valence-corrected chi connectivity index (χ4v) is 3.04. The fraction of sp³-hybridized carbons (Fsp3) is 0.647. The average molecular weight is 261 g/mol. The molecule has 0 aromatic heterocycles. The maximum absolute atomic E-state index is 10.5. The van der Waals surface area contributed by atoms with Crippen LogP contribution in [-0.2, 0) is 0 Å². The van der Waals surface area contributed by atoms with Gasteiger partial charge in [-0.15, -0.1) is 0 Å². The zero-order valence-electron chi connectivity index (χ0n) is 12.5. The summed E-state index contributed by atoms with van der Waals surface area (Å²) in [6.07, 6.45) is 3.49. The lowest BCUT2D eigenvalue weighted by molar-refractivity contribution is 0.0321. The van der Waals surface area contributed by atoms with E-state index in [4.69, 9.17) is 0 Å². The number of benzene rings is 1. The van der Waals surface area contributed by atoms with Crippen LogP contribution >= 0.6 is 0 Å². The van der Waals surface area contributed by atoms with Crippen molar-refractivity contribution in [1.82, 2.24) is 4.90 Å².